The van der Waals surface area contributed by atoms with Gasteiger partial charge in [0.2, 0.25) is 0 Å². The van der Waals surface area contributed by atoms with Gasteiger partial charge in [-0.25, -0.2) is 4.98 Å². The molecule has 1 aromatic carbocycles. The Labute approximate surface area is 188 Å². The highest BCUT2D eigenvalue weighted by Crippen LogP contribution is 2.34. The van der Waals surface area contributed by atoms with Crippen LogP contribution < -0.4 is 14.4 Å². The van der Waals surface area contributed by atoms with Crippen LogP contribution in [0.3, 0.4) is 0 Å². The van der Waals surface area contributed by atoms with Crippen molar-refractivity contribution < 1.29 is 14.0 Å². The number of piperazine rings is 1. The minimum absolute atomic E-state index is 0.573. The summed E-state index contributed by atoms with van der Waals surface area (Å²) in [6.07, 6.45) is 1.86. The molecule has 2 aliphatic heterocycles. The molecule has 0 bridgehead atoms. The summed E-state index contributed by atoms with van der Waals surface area (Å²) in [5, 5.41) is 4.26. The molecule has 0 spiro atoms. The van der Waals surface area contributed by atoms with Gasteiger partial charge in [-0.3, -0.25) is 9.80 Å². The molecular weight excluding hydrogens is 406 g/mol. The van der Waals surface area contributed by atoms with Crippen LogP contribution in [0.15, 0.2) is 53.2 Å². The van der Waals surface area contributed by atoms with Crippen LogP contribution in [0.2, 0.25) is 0 Å². The molecule has 0 amide bonds. The van der Waals surface area contributed by atoms with Gasteiger partial charge in [0.15, 0.2) is 17.3 Å². The van der Waals surface area contributed by atoms with Crippen LogP contribution in [-0.2, 0) is 6.54 Å². The third-order valence-electron chi connectivity index (χ3n) is 5.97. The van der Waals surface area contributed by atoms with E-state index in [1.807, 2.05) is 42.6 Å². The van der Waals surface area contributed by atoms with Gasteiger partial charge in [-0.05, 0) is 37.4 Å². The van der Waals surface area contributed by atoms with Crippen LogP contribution in [-0.4, -0.2) is 79.5 Å². The van der Waals surface area contributed by atoms with Crippen LogP contribution in [0, 0.1) is 0 Å². The van der Waals surface area contributed by atoms with Gasteiger partial charge >= 0.3 is 0 Å². The van der Waals surface area contributed by atoms with Crippen molar-refractivity contribution in [3.8, 4) is 22.8 Å². The molecule has 0 N–H and O–H groups in total. The number of likely N-dealkylation sites (N-methyl/N-ethyl adjacent to an activating group) is 1. The summed E-state index contributed by atoms with van der Waals surface area (Å²) in [5.74, 6) is 3.48. The molecule has 168 valence electrons. The molecule has 0 saturated carbocycles. The van der Waals surface area contributed by atoms with Crippen LogP contribution in [0.1, 0.15) is 5.76 Å². The number of nitrogens with zero attached hydrogens (tertiary/aromatic N) is 5. The number of aromatic nitrogens is 2. The van der Waals surface area contributed by atoms with E-state index >= 15 is 0 Å². The summed E-state index contributed by atoms with van der Waals surface area (Å²) in [6.45, 7) is 8.05. The van der Waals surface area contributed by atoms with Crippen molar-refractivity contribution in [3.63, 3.8) is 0 Å². The first-order valence-corrected chi connectivity index (χ1v) is 11.2. The molecule has 0 aliphatic carbocycles. The first-order valence-electron chi connectivity index (χ1n) is 11.2. The minimum Gasteiger partial charge on any atom is -0.486 e. The summed E-state index contributed by atoms with van der Waals surface area (Å²) in [7, 11) is 2.12. The van der Waals surface area contributed by atoms with E-state index in [1.165, 1.54) is 0 Å². The molecule has 0 unspecified atom stereocenters. The Hall–Kier alpha value is -3.10. The fraction of sp³-hybridized carbons (Fsp3) is 0.417. The molecule has 2 aromatic heterocycles. The Morgan fingerprint density at radius 1 is 0.969 bits per heavy atom. The van der Waals surface area contributed by atoms with Gasteiger partial charge in [-0.15, -0.1) is 0 Å². The zero-order chi connectivity index (χ0) is 21.8. The lowest BCUT2D eigenvalue weighted by atomic mass is 10.1. The number of anilines is 1. The fourth-order valence-electron chi connectivity index (χ4n) is 4.12. The van der Waals surface area contributed by atoms with Crippen molar-refractivity contribution >= 4 is 5.82 Å². The molecule has 32 heavy (non-hydrogen) atoms. The molecular formula is C24H29N5O3. The van der Waals surface area contributed by atoms with Crippen molar-refractivity contribution in [2.24, 2.45) is 0 Å². The summed E-state index contributed by atoms with van der Waals surface area (Å²) in [6, 6.07) is 14.0. The number of pyridine rings is 1. The standard InChI is InChI=1S/C24H29N5O3/c1-27(8-9-28-10-12-29(13-11-28)24-4-2-3-7-25-24)18-20-17-21(26-32-20)19-5-6-22-23(16-19)31-15-14-30-22/h2-7,16-17H,8-15,18H2,1H3. The van der Waals surface area contributed by atoms with Crippen molar-refractivity contribution in [2.45, 2.75) is 6.54 Å². The van der Waals surface area contributed by atoms with Crippen molar-refractivity contribution in [3.05, 3.63) is 54.4 Å². The maximum Gasteiger partial charge on any atom is 0.162 e. The van der Waals surface area contributed by atoms with E-state index in [-0.39, 0.29) is 0 Å². The van der Waals surface area contributed by atoms with E-state index in [0.29, 0.717) is 13.2 Å². The number of hydrogen-bond donors (Lipinski definition) is 0. The number of ether oxygens (including phenoxy) is 2. The zero-order valence-electron chi connectivity index (χ0n) is 18.4. The molecule has 4 heterocycles. The molecule has 2 aliphatic rings. The Bertz CT molecular complexity index is 1020. The lowest BCUT2D eigenvalue weighted by Gasteiger charge is -2.36. The Morgan fingerprint density at radius 3 is 2.62 bits per heavy atom. The third kappa shape index (κ3) is 4.87. The summed E-state index contributed by atoms with van der Waals surface area (Å²) in [4.78, 5) is 11.6. The quantitative estimate of drug-likeness (QED) is 0.561. The lowest BCUT2D eigenvalue weighted by Crippen LogP contribution is -2.48. The first kappa shape index (κ1) is 20.8. The molecule has 1 saturated heterocycles. The van der Waals surface area contributed by atoms with Gasteiger partial charge in [0.25, 0.3) is 0 Å². The van der Waals surface area contributed by atoms with E-state index in [0.717, 1.165) is 80.1 Å². The Kier molecular flexibility index (Phi) is 6.22. The number of benzene rings is 1. The SMILES string of the molecule is CN(CCN1CCN(c2ccccn2)CC1)Cc1cc(-c2ccc3c(c2)OCCO3)no1. The van der Waals surface area contributed by atoms with Crippen molar-refractivity contribution in [2.75, 3.05) is 64.4 Å². The molecule has 0 atom stereocenters. The van der Waals surface area contributed by atoms with Gasteiger partial charge in [-0.1, -0.05) is 11.2 Å². The number of fused-ring (bicyclic) bond motifs is 1. The molecule has 5 rings (SSSR count). The minimum atomic E-state index is 0.573. The second-order valence-electron chi connectivity index (χ2n) is 8.29. The molecule has 0 radical (unpaired) electrons. The second-order valence-corrected chi connectivity index (χ2v) is 8.29. The molecule has 8 nitrogen and oxygen atoms in total. The van der Waals surface area contributed by atoms with Gasteiger partial charge in [-0.2, -0.15) is 0 Å². The third-order valence-corrected chi connectivity index (χ3v) is 5.97. The Morgan fingerprint density at radius 2 is 1.81 bits per heavy atom. The van der Waals surface area contributed by atoms with E-state index in [9.17, 15) is 0 Å². The zero-order valence-corrected chi connectivity index (χ0v) is 18.4. The average Bonchev–Trinajstić information content (AvgIpc) is 3.32. The smallest absolute Gasteiger partial charge is 0.162 e. The predicted octanol–water partition coefficient (Wildman–Crippen LogP) is 2.76. The van der Waals surface area contributed by atoms with Crippen LogP contribution in [0.5, 0.6) is 11.5 Å². The highest BCUT2D eigenvalue weighted by Gasteiger charge is 2.19. The molecule has 3 aromatic rings. The summed E-state index contributed by atoms with van der Waals surface area (Å²) >= 11 is 0. The lowest BCUT2D eigenvalue weighted by molar-refractivity contribution is 0.171. The maximum absolute atomic E-state index is 5.68. The van der Waals surface area contributed by atoms with Crippen molar-refractivity contribution in [1.29, 1.82) is 0 Å². The Balaban J connectivity index is 1.09. The van der Waals surface area contributed by atoms with E-state index < -0.39 is 0 Å². The normalized spacial score (nSPS) is 16.5. The monoisotopic (exact) mass is 435 g/mol. The molecule has 8 heteroatoms. The summed E-state index contributed by atoms with van der Waals surface area (Å²) < 4.78 is 16.9. The van der Waals surface area contributed by atoms with Crippen LogP contribution >= 0.6 is 0 Å². The number of rotatable bonds is 7. The fourth-order valence-corrected chi connectivity index (χ4v) is 4.12. The second kappa shape index (κ2) is 9.58. The van der Waals surface area contributed by atoms with Gasteiger partial charge in [0.1, 0.15) is 24.7 Å². The van der Waals surface area contributed by atoms with Gasteiger partial charge in [0.05, 0.1) is 6.54 Å². The van der Waals surface area contributed by atoms with Crippen LogP contribution in [0.4, 0.5) is 5.82 Å². The topological polar surface area (TPSA) is 67.1 Å². The summed E-state index contributed by atoms with van der Waals surface area (Å²) in [5.41, 5.74) is 1.79. The van der Waals surface area contributed by atoms with Gasteiger partial charge in [0, 0.05) is 57.1 Å². The molecule has 1 fully saturated rings. The average molecular weight is 436 g/mol. The van der Waals surface area contributed by atoms with Crippen molar-refractivity contribution in [1.82, 2.24) is 19.9 Å². The van der Waals surface area contributed by atoms with E-state index in [2.05, 4.69) is 38.0 Å². The first-order chi connectivity index (χ1) is 15.7. The van der Waals surface area contributed by atoms with Gasteiger partial charge < -0.3 is 18.9 Å². The van der Waals surface area contributed by atoms with E-state index in [1.54, 1.807) is 0 Å². The largest absolute Gasteiger partial charge is 0.486 e. The number of hydrogen-bond acceptors (Lipinski definition) is 8. The maximum atomic E-state index is 5.68. The van der Waals surface area contributed by atoms with Crippen LogP contribution in [0.25, 0.3) is 11.3 Å². The highest BCUT2D eigenvalue weighted by molar-refractivity contribution is 5.64. The van der Waals surface area contributed by atoms with E-state index in [4.69, 9.17) is 14.0 Å². The predicted molar refractivity (Wildman–Crippen MR) is 122 cm³/mol. The highest BCUT2D eigenvalue weighted by atomic mass is 16.6.